The minimum absolute atomic E-state index is 0. The Bertz CT molecular complexity index is 185. The Morgan fingerprint density at radius 1 is 1.00 bits per heavy atom. The Labute approximate surface area is 84.5 Å². The first-order valence-corrected chi connectivity index (χ1v) is 4.68. The van der Waals surface area contributed by atoms with Gasteiger partial charge in [-0.2, -0.15) is 0 Å². The molecule has 14 heavy (non-hydrogen) atoms. The summed E-state index contributed by atoms with van der Waals surface area (Å²) >= 11 is 0. The quantitative estimate of drug-likeness (QED) is 0.764. The predicted molar refractivity (Wildman–Crippen MR) is 55.7 cm³/mol. The fourth-order valence-corrected chi connectivity index (χ4v) is 0.782. The van der Waals surface area contributed by atoms with E-state index in [1.165, 1.54) is 0 Å². The van der Waals surface area contributed by atoms with Crippen LogP contribution < -0.4 is 0 Å². The van der Waals surface area contributed by atoms with Crippen molar-refractivity contribution < 1.29 is 23.4 Å². The Balaban J connectivity index is -0.000000159. The minimum atomic E-state index is -0.568. The molecule has 0 saturated carbocycles. The van der Waals surface area contributed by atoms with Crippen molar-refractivity contribution in [2.75, 3.05) is 14.2 Å². The van der Waals surface area contributed by atoms with E-state index in [1.54, 1.807) is 38.5 Å². The third kappa shape index (κ3) is 13.6. The van der Waals surface area contributed by atoms with Crippen molar-refractivity contribution in [2.45, 2.75) is 0 Å². The summed E-state index contributed by atoms with van der Waals surface area (Å²) in [6.07, 6.45) is 0. The second-order valence-corrected chi connectivity index (χ2v) is 3.42. The van der Waals surface area contributed by atoms with Gasteiger partial charge in [0.1, 0.15) is 5.75 Å². The van der Waals surface area contributed by atoms with E-state index in [2.05, 4.69) is 8.85 Å². The van der Waals surface area contributed by atoms with Crippen LogP contribution in [0, 0.1) is 0 Å². The number of phenols is 1. The lowest BCUT2D eigenvalue weighted by Gasteiger charge is -1.86. The molecule has 1 aromatic rings. The van der Waals surface area contributed by atoms with Crippen LogP contribution in [-0.2, 0) is 8.85 Å². The second-order valence-electron chi connectivity index (χ2n) is 2.03. The molecule has 0 radical (unpaired) electrons. The Morgan fingerprint density at radius 3 is 1.57 bits per heavy atom. The Hall–Kier alpha value is -0.983. The van der Waals surface area contributed by atoms with Gasteiger partial charge in [0.25, 0.3) is 0 Å². The van der Waals surface area contributed by atoms with Gasteiger partial charge in [0, 0.05) is 14.2 Å². The molecule has 0 bridgehead atoms. The monoisotopic (exact) mass is 226 g/mol. The summed E-state index contributed by atoms with van der Waals surface area (Å²) in [4.78, 5) is 0. The van der Waals surface area contributed by atoms with Crippen molar-refractivity contribution in [2.24, 2.45) is 0 Å². The molecule has 1 rings (SSSR count). The molecular formula is C8H16F2O3Si. The molecule has 1 N–H and O–H groups in total. The number of aromatic hydroxyl groups is 1. The van der Waals surface area contributed by atoms with Crippen LogP contribution in [0.3, 0.4) is 0 Å². The van der Waals surface area contributed by atoms with E-state index in [1.807, 2.05) is 6.07 Å². The largest absolute Gasteiger partial charge is 0.508 e. The number of para-hydroxylation sites is 1. The van der Waals surface area contributed by atoms with Gasteiger partial charge in [0.2, 0.25) is 0 Å². The summed E-state index contributed by atoms with van der Waals surface area (Å²) in [5.41, 5.74) is 0. The van der Waals surface area contributed by atoms with Crippen molar-refractivity contribution in [3.63, 3.8) is 0 Å². The Kier molecular flexibility index (Phi) is 19.5. The SMILES string of the molecule is CO[SiH2]OC.F.F.Oc1ccccc1. The van der Waals surface area contributed by atoms with Crippen molar-refractivity contribution in [1.82, 2.24) is 0 Å². The Morgan fingerprint density at radius 2 is 1.43 bits per heavy atom. The van der Waals surface area contributed by atoms with Crippen LogP contribution in [0.5, 0.6) is 5.75 Å². The molecule has 0 heterocycles. The van der Waals surface area contributed by atoms with Gasteiger partial charge < -0.3 is 14.0 Å². The van der Waals surface area contributed by atoms with E-state index in [0.717, 1.165) is 0 Å². The molecule has 0 unspecified atom stereocenters. The summed E-state index contributed by atoms with van der Waals surface area (Å²) in [6, 6.07) is 8.71. The van der Waals surface area contributed by atoms with Crippen LogP contribution in [0.15, 0.2) is 30.3 Å². The maximum atomic E-state index is 8.63. The topological polar surface area (TPSA) is 38.7 Å². The van der Waals surface area contributed by atoms with Gasteiger partial charge in [-0.25, -0.2) is 0 Å². The van der Waals surface area contributed by atoms with Crippen molar-refractivity contribution in [3.05, 3.63) is 30.3 Å². The summed E-state index contributed by atoms with van der Waals surface area (Å²) < 4.78 is 9.22. The number of hydrogen-bond acceptors (Lipinski definition) is 3. The maximum absolute atomic E-state index is 8.63. The lowest BCUT2D eigenvalue weighted by molar-refractivity contribution is 0.309. The third-order valence-electron chi connectivity index (χ3n) is 0.992. The molecule has 0 aliphatic carbocycles. The fraction of sp³-hybridized carbons (Fsp3) is 0.250. The van der Waals surface area contributed by atoms with Crippen LogP contribution in [-0.4, -0.2) is 29.3 Å². The van der Waals surface area contributed by atoms with Crippen LogP contribution in [0.1, 0.15) is 0 Å². The molecule has 0 aliphatic heterocycles. The molecule has 0 fully saturated rings. The highest BCUT2D eigenvalue weighted by atomic mass is 28.3. The van der Waals surface area contributed by atoms with Gasteiger partial charge >= 0.3 is 10.0 Å². The molecule has 0 spiro atoms. The number of halogens is 2. The summed E-state index contributed by atoms with van der Waals surface area (Å²) in [6.45, 7) is 0. The lowest BCUT2D eigenvalue weighted by atomic mass is 10.3. The van der Waals surface area contributed by atoms with Gasteiger partial charge in [0.05, 0.1) is 0 Å². The summed E-state index contributed by atoms with van der Waals surface area (Å²) in [5, 5.41) is 8.63. The van der Waals surface area contributed by atoms with E-state index in [9.17, 15) is 0 Å². The van der Waals surface area contributed by atoms with Crippen LogP contribution >= 0.6 is 0 Å². The standard InChI is InChI=1S/C6H6O.C2H8O2Si.2FH/c7-6-4-2-1-3-5-6;1-3-5-4-2;;/h1-5,7H;5H2,1-2H3;2*1H. The molecule has 6 heteroatoms. The van der Waals surface area contributed by atoms with Gasteiger partial charge in [-0.15, -0.1) is 0 Å². The molecular weight excluding hydrogens is 210 g/mol. The van der Waals surface area contributed by atoms with Gasteiger partial charge in [0.15, 0.2) is 0 Å². The molecule has 1 aromatic carbocycles. The van der Waals surface area contributed by atoms with Gasteiger partial charge in [-0.05, 0) is 12.1 Å². The average Bonchev–Trinajstić information content (AvgIpc) is 2.08. The average molecular weight is 226 g/mol. The van der Waals surface area contributed by atoms with E-state index in [4.69, 9.17) is 5.11 Å². The molecule has 0 atom stereocenters. The van der Waals surface area contributed by atoms with Gasteiger partial charge in [-0.1, -0.05) is 18.2 Å². The second kappa shape index (κ2) is 14.5. The zero-order chi connectivity index (χ0) is 9.23. The number of benzene rings is 1. The number of hydrogen-bond donors (Lipinski definition) is 1. The number of phenolic OH excluding ortho intramolecular Hbond substituents is 1. The summed E-state index contributed by atoms with van der Waals surface area (Å²) in [5.74, 6) is 0.322. The zero-order valence-corrected chi connectivity index (χ0v) is 9.59. The highest BCUT2D eigenvalue weighted by molar-refractivity contribution is 6.17. The third-order valence-corrected chi connectivity index (χ3v) is 1.46. The fourth-order valence-electron chi connectivity index (χ4n) is 0.546. The highest BCUT2D eigenvalue weighted by Gasteiger charge is 1.74. The number of rotatable bonds is 2. The van der Waals surface area contributed by atoms with Crippen molar-refractivity contribution in [3.8, 4) is 5.75 Å². The first-order valence-electron chi connectivity index (χ1n) is 3.53. The normalized spacial score (nSPS) is 7.29. The zero-order valence-electron chi connectivity index (χ0n) is 8.17. The van der Waals surface area contributed by atoms with E-state index in [-0.39, 0.29) is 9.41 Å². The van der Waals surface area contributed by atoms with Crippen molar-refractivity contribution in [1.29, 1.82) is 0 Å². The molecule has 3 nitrogen and oxygen atoms in total. The van der Waals surface area contributed by atoms with E-state index in [0.29, 0.717) is 5.75 Å². The molecule has 84 valence electrons. The molecule has 0 aliphatic rings. The maximum Gasteiger partial charge on any atom is 0.303 e. The molecule has 0 amide bonds. The first kappa shape index (κ1) is 18.7. The van der Waals surface area contributed by atoms with Crippen LogP contribution in [0.25, 0.3) is 0 Å². The molecule has 0 saturated heterocycles. The molecule has 0 aromatic heterocycles. The van der Waals surface area contributed by atoms with Crippen LogP contribution in [0.4, 0.5) is 9.41 Å². The van der Waals surface area contributed by atoms with Crippen LogP contribution in [0.2, 0.25) is 0 Å². The minimum Gasteiger partial charge on any atom is -0.508 e. The van der Waals surface area contributed by atoms with Crippen molar-refractivity contribution >= 4 is 10.0 Å². The van der Waals surface area contributed by atoms with E-state index < -0.39 is 10.0 Å². The van der Waals surface area contributed by atoms with E-state index >= 15 is 0 Å². The van der Waals surface area contributed by atoms with Gasteiger partial charge in [-0.3, -0.25) is 9.41 Å². The summed E-state index contributed by atoms with van der Waals surface area (Å²) in [7, 11) is 2.73. The highest BCUT2D eigenvalue weighted by Crippen LogP contribution is 2.02. The lowest BCUT2D eigenvalue weighted by Crippen LogP contribution is -1.93. The first-order chi connectivity index (χ1) is 5.81. The predicted octanol–water partition coefficient (Wildman–Crippen LogP) is 0.975. The smallest absolute Gasteiger partial charge is 0.303 e.